The van der Waals surface area contributed by atoms with Crippen molar-refractivity contribution in [1.29, 1.82) is 0 Å². The summed E-state index contributed by atoms with van der Waals surface area (Å²) in [5, 5.41) is 3.46. The molecule has 1 atom stereocenters. The zero-order valence-corrected chi connectivity index (χ0v) is 9.83. The van der Waals surface area contributed by atoms with Crippen molar-refractivity contribution >= 4 is 0 Å². The molecule has 0 fully saturated rings. The van der Waals surface area contributed by atoms with Gasteiger partial charge in [-0.1, -0.05) is 13.8 Å². The summed E-state index contributed by atoms with van der Waals surface area (Å²) < 4.78 is 0. The van der Waals surface area contributed by atoms with Crippen LogP contribution in [0.2, 0.25) is 0 Å². The Hall–Kier alpha value is -0.930. The highest BCUT2D eigenvalue weighted by Crippen LogP contribution is 2.15. The Morgan fingerprint density at radius 2 is 2.20 bits per heavy atom. The maximum Gasteiger partial charge on any atom is 0.0462 e. The number of hydrogen-bond donors (Lipinski definition) is 2. The molecule has 0 aliphatic carbocycles. The standard InChI is InChI=1S/C12H21N3/c1-9(2)7-15-12(6-13)11-8-14-5-4-10(11)3/h4-5,8-9,12,15H,6-7,13H2,1-3H3. The van der Waals surface area contributed by atoms with Gasteiger partial charge in [-0.15, -0.1) is 0 Å². The molecule has 0 bridgehead atoms. The van der Waals surface area contributed by atoms with E-state index in [0.29, 0.717) is 12.5 Å². The zero-order chi connectivity index (χ0) is 11.3. The van der Waals surface area contributed by atoms with E-state index >= 15 is 0 Å². The van der Waals surface area contributed by atoms with E-state index < -0.39 is 0 Å². The second kappa shape index (κ2) is 5.83. The molecule has 0 aliphatic rings. The van der Waals surface area contributed by atoms with Gasteiger partial charge >= 0.3 is 0 Å². The molecule has 0 saturated carbocycles. The Bertz CT molecular complexity index is 297. The minimum absolute atomic E-state index is 0.223. The van der Waals surface area contributed by atoms with Gasteiger partial charge in [-0.2, -0.15) is 0 Å². The van der Waals surface area contributed by atoms with E-state index in [1.165, 1.54) is 11.1 Å². The molecule has 0 aliphatic heterocycles. The van der Waals surface area contributed by atoms with Crippen LogP contribution in [0.25, 0.3) is 0 Å². The molecule has 1 rings (SSSR count). The Labute approximate surface area is 92.1 Å². The predicted octanol–water partition coefficient (Wildman–Crippen LogP) is 1.64. The largest absolute Gasteiger partial charge is 0.329 e. The number of nitrogens with one attached hydrogen (secondary N) is 1. The lowest BCUT2D eigenvalue weighted by molar-refractivity contribution is 0.477. The summed E-state index contributed by atoms with van der Waals surface area (Å²) >= 11 is 0. The number of hydrogen-bond acceptors (Lipinski definition) is 3. The van der Waals surface area contributed by atoms with Gasteiger partial charge < -0.3 is 11.1 Å². The molecule has 0 aromatic carbocycles. The number of aromatic nitrogens is 1. The molecule has 0 amide bonds. The van der Waals surface area contributed by atoms with Crippen LogP contribution in [0.4, 0.5) is 0 Å². The minimum atomic E-state index is 0.223. The predicted molar refractivity (Wildman–Crippen MR) is 63.6 cm³/mol. The summed E-state index contributed by atoms with van der Waals surface area (Å²) in [4.78, 5) is 4.15. The number of nitrogens with two attached hydrogens (primary N) is 1. The fourth-order valence-electron chi connectivity index (χ4n) is 1.54. The third-order valence-electron chi connectivity index (χ3n) is 2.46. The van der Waals surface area contributed by atoms with Crippen molar-refractivity contribution in [2.75, 3.05) is 13.1 Å². The number of nitrogens with zero attached hydrogens (tertiary/aromatic N) is 1. The third kappa shape index (κ3) is 3.61. The Kier molecular flexibility index (Phi) is 4.72. The second-order valence-corrected chi connectivity index (χ2v) is 4.32. The highest BCUT2D eigenvalue weighted by Gasteiger charge is 2.11. The van der Waals surface area contributed by atoms with E-state index in [1.807, 2.05) is 18.5 Å². The van der Waals surface area contributed by atoms with Crippen LogP contribution in [0.1, 0.15) is 31.0 Å². The molecule has 84 valence electrons. The Morgan fingerprint density at radius 3 is 2.73 bits per heavy atom. The summed E-state index contributed by atoms with van der Waals surface area (Å²) in [5.41, 5.74) is 8.23. The van der Waals surface area contributed by atoms with Gasteiger partial charge in [-0.05, 0) is 36.6 Å². The molecule has 3 nitrogen and oxygen atoms in total. The first-order valence-electron chi connectivity index (χ1n) is 5.49. The molecule has 0 spiro atoms. The van der Waals surface area contributed by atoms with E-state index in [-0.39, 0.29) is 6.04 Å². The van der Waals surface area contributed by atoms with Crippen LogP contribution in [-0.2, 0) is 0 Å². The first-order chi connectivity index (χ1) is 7.15. The van der Waals surface area contributed by atoms with E-state index in [9.17, 15) is 0 Å². The van der Waals surface area contributed by atoms with Crippen LogP contribution in [0.5, 0.6) is 0 Å². The topological polar surface area (TPSA) is 50.9 Å². The Balaban J connectivity index is 2.70. The summed E-state index contributed by atoms with van der Waals surface area (Å²) in [5.74, 6) is 0.635. The van der Waals surface area contributed by atoms with Gasteiger partial charge in [0.25, 0.3) is 0 Å². The zero-order valence-electron chi connectivity index (χ0n) is 9.83. The van der Waals surface area contributed by atoms with Crippen molar-refractivity contribution < 1.29 is 0 Å². The van der Waals surface area contributed by atoms with Crippen molar-refractivity contribution in [2.45, 2.75) is 26.8 Å². The minimum Gasteiger partial charge on any atom is -0.329 e. The van der Waals surface area contributed by atoms with E-state index in [4.69, 9.17) is 5.73 Å². The van der Waals surface area contributed by atoms with Crippen LogP contribution in [0, 0.1) is 12.8 Å². The number of aryl methyl sites for hydroxylation is 1. The second-order valence-electron chi connectivity index (χ2n) is 4.32. The lowest BCUT2D eigenvalue weighted by Gasteiger charge is -2.20. The van der Waals surface area contributed by atoms with Crippen LogP contribution < -0.4 is 11.1 Å². The van der Waals surface area contributed by atoms with Gasteiger partial charge in [-0.25, -0.2) is 0 Å². The van der Waals surface area contributed by atoms with Crippen molar-refractivity contribution in [1.82, 2.24) is 10.3 Å². The maximum absolute atomic E-state index is 5.77. The monoisotopic (exact) mass is 207 g/mol. The molecular formula is C12H21N3. The van der Waals surface area contributed by atoms with E-state index in [2.05, 4.69) is 31.1 Å². The van der Waals surface area contributed by atoms with Crippen LogP contribution in [0.15, 0.2) is 18.5 Å². The van der Waals surface area contributed by atoms with E-state index in [0.717, 1.165) is 6.54 Å². The van der Waals surface area contributed by atoms with Gasteiger partial charge in [0.05, 0.1) is 0 Å². The molecule has 3 heteroatoms. The lowest BCUT2D eigenvalue weighted by Crippen LogP contribution is -2.31. The molecule has 15 heavy (non-hydrogen) atoms. The molecule has 0 saturated heterocycles. The van der Waals surface area contributed by atoms with Gasteiger partial charge in [0.2, 0.25) is 0 Å². The molecule has 1 aromatic heterocycles. The highest BCUT2D eigenvalue weighted by atomic mass is 14.9. The van der Waals surface area contributed by atoms with Crippen molar-refractivity contribution in [3.8, 4) is 0 Å². The first kappa shape index (κ1) is 12.1. The molecule has 1 unspecified atom stereocenters. The molecular weight excluding hydrogens is 186 g/mol. The van der Waals surface area contributed by atoms with E-state index in [1.54, 1.807) is 0 Å². The SMILES string of the molecule is Cc1ccncc1C(CN)NCC(C)C. The fraction of sp³-hybridized carbons (Fsp3) is 0.583. The van der Waals surface area contributed by atoms with Gasteiger partial charge in [-0.3, -0.25) is 4.98 Å². The molecule has 1 aromatic rings. The molecule has 0 radical (unpaired) electrons. The quantitative estimate of drug-likeness (QED) is 0.771. The van der Waals surface area contributed by atoms with Gasteiger partial charge in [0.15, 0.2) is 0 Å². The Morgan fingerprint density at radius 1 is 1.47 bits per heavy atom. The third-order valence-corrected chi connectivity index (χ3v) is 2.46. The van der Waals surface area contributed by atoms with Crippen molar-refractivity contribution in [3.05, 3.63) is 29.6 Å². The first-order valence-corrected chi connectivity index (χ1v) is 5.49. The van der Waals surface area contributed by atoms with Crippen molar-refractivity contribution in [2.24, 2.45) is 11.7 Å². The van der Waals surface area contributed by atoms with Crippen LogP contribution in [0.3, 0.4) is 0 Å². The maximum atomic E-state index is 5.77. The average Bonchev–Trinajstić information content (AvgIpc) is 2.21. The molecule has 3 N–H and O–H groups in total. The summed E-state index contributed by atoms with van der Waals surface area (Å²) in [6.07, 6.45) is 3.72. The van der Waals surface area contributed by atoms with Gasteiger partial charge in [0.1, 0.15) is 0 Å². The summed E-state index contributed by atoms with van der Waals surface area (Å²) in [7, 11) is 0. The summed E-state index contributed by atoms with van der Waals surface area (Å²) in [6.45, 7) is 8.07. The highest BCUT2D eigenvalue weighted by molar-refractivity contribution is 5.25. The number of rotatable bonds is 5. The average molecular weight is 207 g/mol. The lowest BCUT2D eigenvalue weighted by atomic mass is 10.0. The number of pyridine rings is 1. The van der Waals surface area contributed by atoms with Crippen LogP contribution in [-0.4, -0.2) is 18.1 Å². The van der Waals surface area contributed by atoms with Crippen molar-refractivity contribution in [3.63, 3.8) is 0 Å². The fourth-order valence-corrected chi connectivity index (χ4v) is 1.54. The smallest absolute Gasteiger partial charge is 0.0462 e. The normalized spacial score (nSPS) is 13.1. The molecule has 1 heterocycles. The van der Waals surface area contributed by atoms with Crippen LogP contribution >= 0.6 is 0 Å². The van der Waals surface area contributed by atoms with Gasteiger partial charge in [0, 0.05) is 25.0 Å². The summed E-state index contributed by atoms with van der Waals surface area (Å²) in [6, 6.07) is 2.25.